The smallest absolute Gasteiger partial charge is 0.139 e. The molecule has 0 unspecified atom stereocenters. The van der Waals surface area contributed by atoms with Gasteiger partial charge in [-0.05, 0) is 73.5 Å². The number of fused-ring (bicyclic) bond motifs is 5. The number of allylic oxidation sites excluding steroid dienone is 2. The molecular weight excluding hydrogens is 268 g/mol. The molecule has 0 aromatic heterocycles. The lowest BCUT2D eigenvalue weighted by Crippen LogP contribution is -2.55. The molecule has 0 saturated heterocycles. The zero-order valence-corrected chi connectivity index (χ0v) is 14.9. The van der Waals surface area contributed by atoms with Crippen LogP contribution in [0.5, 0.6) is 0 Å². The average Bonchev–Trinajstić information content (AvgIpc) is 2.76. The molecule has 3 fully saturated rings. The summed E-state index contributed by atoms with van der Waals surface area (Å²) in [6.45, 7) is 9.89. The van der Waals surface area contributed by atoms with Crippen LogP contribution in [0.25, 0.3) is 0 Å². The molecule has 0 bridgehead atoms. The highest BCUT2D eigenvalue weighted by atomic mass is 16.1. The molecule has 122 valence electrons. The van der Waals surface area contributed by atoms with Crippen molar-refractivity contribution in [1.82, 2.24) is 0 Å². The topological polar surface area (TPSA) is 17.1 Å². The Morgan fingerprint density at radius 2 is 1.77 bits per heavy atom. The summed E-state index contributed by atoms with van der Waals surface area (Å²) < 4.78 is 0. The summed E-state index contributed by atoms with van der Waals surface area (Å²) in [6.07, 6.45) is 12.4. The van der Waals surface area contributed by atoms with E-state index in [1.807, 2.05) is 0 Å². The van der Waals surface area contributed by atoms with Crippen molar-refractivity contribution in [2.45, 2.75) is 79.1 Å². The summed E-state index contributed by atoms with van der Waals surface area (Å²) in [4.78, 5) is 12.5. The largest absolute Gasteiger partial charge is 0.299 e. The molecule has 0 aromatic carbocycles. The van der Waals surface area contributed by atoms with Crippen molar-refractivity contribution < 1.29 is 4.79 Å². The quantitative estimate of drug-likeness (QED) is 0.536. The highest BCUT2D eigenvalue weighted by Gasteiger charge is 2.61. The monoisotopic (exact) mass is 300 g/mol. The third-order valence-corrected chi connectivity index (χ3v) is 8.84. The molecule has 0 amide bonds. The van der Waals surface area contributed by atoms with E-state index in [1.165, 1.54) is 32.1 Å². The van der Waals surface area contributed by atoms with E-state index in [0.717, 1.165) is 31.1 Å². The fourth-order valence-electron chi connectivity index (χ4n) is 7.11. The Hall–Kier alpha value is -0.590. The molecule has 0 N–H and O–H groups in total. The van der Waals surface area contributed by atoms with Gasteiger partial charge in [0.1, 0.15) is 5.78 Å². The number of rotatable bonds is 0. The lowest BCUT2D eigenvalue weighted by Gasteiger charge is -2.62. The molecule has 3 saturated carbocycles. The third-order valence-electron chi connectivity index (χ3n) is 8.84. The van der Waals surface area contributed by atoms with Gasteiger partial charge in [-0.3, -0.25) is 4.79 Å². The minimum absolute atomic E-state index is 0.0156. The normalized spacial score (nSPS) is 49.9. The van der Waals surface area contributed by atoms with Gasteiger partial charge in [0.2, 0.25) is 0 Å². The van der Waals surface area contributed by atoms with Crippen molar-refractivity contribution in [3.63, 3.8) is 0 Å². The first-order valence-corrected chi connectivity index (χ1v) is 9.53. The van der Waals surface area contributed by atoms with Gasteiger partial charge >= 0.3 is 0 Å². The molecule has 0 aliphatic heterocycles. The minimum Gasteiger partial charge on any atom is -0.299 e. The van der Waals surface area contributed by atoms with Gasteiger partial charge < -0.3 is 0 Å². The van der Waals surface area contributed by atoms with E-state index < -0.39 is 0 Å². The number of hydrogen-bond donors (Lipinski definition) is 0. The van der Waals surface area contributed by atoms with E-state index >= 15 is 0 Å². The first-order valence-electron chi connectivity index (χ1n) is 9.53. The molecule has 0 radical (unpaired) electrons. The maximum Gasteiger partial charge on any atom is 0.139 e. The number of Topliss-reactive ketones (excluding diaryl/α,β-unsaturated/α-hetero) is 1. The van der Waals surface area contributed by atoms with Crippen LogP contribution in [0.4, 0.5) is 0 Å². The summed E-state index contributed by atoms with van der Waals surface area (Å²) in [5.41, 5.74) is 2.57. The Kier molecular flexibility index (Phi) is 3.05. The number of carbonyl (C=O) groups excluding carboxylic acids is 1. The summed E-state index contributed by atoms with van der Waals surface area (Å²) in [5.74, 6) is 2.80. The van der Waals surface area contributed by atoms with Gasteiger partial charge in [0.25, 0.3) is 0 Å². The molecule has 0 spiro atoms. The van der Waals surface area contributed by atoms with Gasteiger partial charge in [-0.1, -0.05) is 39.3 Å². The first kappa shape index (κ1) is 15.0. The molecule has 0 heterocycles. The standard InChI is InChI=1S/C21H32O/c1-19(2)12-5-6-14-7-8-15-16-9-10-18(22)20(16,3)13-11-17(15)21(14,19)4/h7,15-17H,5-6,8-13H2,1-4H3/t15-,16-,17-,20-,21-/m0/s1. The van der Waals surface area contributed by atoms with Crippen LogP contribution in [-0.4, -0.2) is 5.78 Å². The van der Waals surface area contributed by atoms with Gasteiger partial charge in [0.05, 0.1) is 0 Å². The van der Waals surface area contributed by atoms with Gasteiger partial charge in [-0.15, -0.1) is 0 Å². The van der Waals surface area contributed by atoms with Crippen molar-refractivity contribution in [2.75, 3.05) is 0 Å². The second kappa shape index (κ2) is 4.48. The maximum absolute atomic E-state index is 12.5. The second-order valence-corrected chi connectivity index (χ2v) is 9.70. The Balaban J connectivity index is 1.77. The number of ketones is 1. The van der Waals surface area contributed by atoms with E-state index in [-0.39, 0.29) is 5.41 Å². The van der Waals surface area contributed by atoms with Crippen molar-refractivity contribution >= 4 is 5.78 Å². The summed E-state index contributed by atoms with van der Waals surface area (Å²) in [6, 6.07) is 0. The van der Waals surface area contributed by atoms with E-state index in [0.29, 0.717) is 22.5 Å². The van der Waals surface area contributed by atoms with Crippen LogP contribution in [-0.2, 0) is 4.79 Å². The Bertz CT molecular complexity index is 542. The van der Waals surface area contributed by atoms with Crippen molar-refractivity contribution in [3.05, 3.63) is 11.6 Å². The van der Waals surface area contributed by atoms with Gasteiger partial charge in [0.15, 0.2) is 0 Å². The van der Waals surface area contributed by atoms with Crippen LogP contribution in [0.15, 0.2) is 11.6 Å². The van der Waals surface area contributed by atoms with Crippen molar-refractivity contribution in [1.29, 1.82) is 0 Å². The van der Waals surface area contributed by atoms with Crippen molar-refractivity contribution in [3.8, 4) is 0 Å². The highest BCUT2D eigenvalue weighted by Crippen LogP contribution is 2.68. The third kappa shape index (κ3) is 1.64. The van der Waals surface area contributed by atoms with Gasteiger partial charge in [0, 0.05) is 11.8 Å². The average molecular weight is 300 g/mol. The maximum atomic E-state index is 12.5. The Morgan fingerprint density at radius 1 is 1.00 bits per heavy atom. The Morgan fingerprint density at radius 3 is 2.55 bits per heavy atom. The molecule has 1 nitrogen and oxygen atoms in total. The van der Waals surface area contributed by atoms with Crippen LogP contribution >= 0.6 is 0 Å². The highest BCUT2D eigenvalue weighted by molar-refractivity contribution is 5.87. The van der Waals surface area contributed by atoms with Crippen molar-refractivity contribution in [2.24, 2.45) is 34.0 Å². The van der Waals surface area contributed by atoms with E-state index in [2.05, 4.69) is 33.8 Å². The fourth-order valence-corrected chi connectivity index (χ4v) is 7.11. The van der Waals surface area contributed by atoms with Crippen LogP contribution in [0.2, 0.25) is 0 Å². The zero-order chi connectivity index (χ0) is 15.8. The first-order chi connectivity index (χ1) is 10.3. The molecule has 22 heavy (non-hydrogen) atoms. The van der Waals surface area contributed by atoms with Crippen LogP contribution < -0.4 is 0 Å². The summed E-state index contributed by atoms with van der Waals surface area (Å²) in [5, 5.41) is 0. The lowest BCUT2D eigenvalue weighted by atomic mass is 9.42. The minimum atomic E-state index is 0.0156. The van der Waals surface area contributed by atoms with Gasteiger partial charge in [-0.2, -0.15) is 0 Å². The summed E-state index contributed by atoms with van der Waals surface area (Å²) >= 11 is 0. The lowest BCUT2D eigenvalue weighted by molar-refractivity contribution is -0.134. The van der Waals surface area contributed by atoms with Crippen LogP contribution in [0.3, 0.4) is 0 Å². The SMILES string of the molecule is CC1(C)CCCC2=CC[C@@H]3[C@H](CC[C@]4(C)C(=O)CC[C@@H]34)[C@]21C. The zero-order valence-electron chi connectivity index (χ0n) is 14.9. The predicted octanol–water partition coefficient (Wildman–Crippen LogP) is 5.54. The molecule has 1 heteroatoms. The fraction of sp³-hybridized carbons (Fsp3) is 0.857. The van der Waals surface area contributed by atoms with E-state index in [1.54, 1.807) is 5.57 Å². The summed E-state index contributed by atoms with van der Waals surface area (Å²) in [7, 11) is 0. The number of carbonyl (C=O) groups is 1. The molecule has 4 aliphatic carbocycles. The second-order valence-electron chi connectivity index (χ2n) is 9.70. The molecule has 5 atom stereocenters. The predicted molar refractivity (Wildman–Crippen MR) is 90.5 cm³/mol. The molecule has 4 aliphatic rings. The van der Waals surface area contributed by atoms with Crippen LogP contribution in [0.1, 0.15) is 79.1 Å². The molecular formula is C21H32O. The van der Waals surface area contributed by atoms with Gasteiger partial charge in [-0.25, -0.2) is 0 Å². The Labute approximate surface area is 135 Å². The van der Waals surface area contributed by atoms with Crippen LogP contribution in [0, 0.1) is 34.0 Å². The van der Waals surface area contributed by atoms with E-state index in [9.17, 15) is 4.79 Å². The molecule has 0 aromatic rings. The van der Waals surface area contributed by atoms with E-state index in [4.69, 9.17) is 0 Å². The number of hydrogen-bond acceptors (Lipinski definition) is 1. The molecule has 4 rings (SSSR count).